The molecule has 17 heavy (non-hydrogen) atoms. The lowest BCUT2D eigenvalue weighted by Gasteiger charge is -2.14. The number of rotatable bonds is 3. The average molecular weight is 251 g/mol. The number of ketones is 1. The number of nitrogens with zero attached hydrogens (tertiary/aromatic N) is 1. The molecule has 94 valence electrons. The van der Waals surface area contributed by atoms with E-state index in [4.69, 9.17) is 4.74 Å². The van der Waals surface area contributed by atoms with Crippen LogP contribution in [-0.4, -0.2) is 23.0 Å². The molecule has 0 aromatic carbocycles. The van der Waals surface area contributed by atoms with Gasteiger partial charge in [0.25, 0.3) is 11.7 Å². The Morgan fingerprint density at radius 1 is 1.41 bits per heavy atom. The molecular weight excluding hydrogens is 242 g/mol. The molecular formula is C10H9F4NO2. The minimum atomic E-state index is -5.08. The van der Waals surface area contributed by atoms with E-state index in [1.807, 2.05) is 0 Å². The van der Waals surface area contributed by atoms with E-state index in [1.54, 1.807) is 0 Å². The summed E-state index contributed by atoms with van der Waals surface area (Å²) in [5.41, 5.74) is -0.876. The normalized spacial score (nSPS) is 11.7. The van der Waals surface area contributed by atoms with Gasteiger partial charge in [-0.25, -0.2) is 4.98 Å². The van der Waals surface area contributed by atoms with Gasteiger partial charge < -0.3 is 4.74 Å². The molecule has 0 spiro atoms. The predicted molar refractivity (Wildman–Crippen MR) is 50.3 cm³/mol. The molecule has 0 bridgehead atoms. The lowest BCUT2D eigenvalue weighted by molar-refractivity contribution is -0.0887. The summed E-state index contributed by atoms with van der Waals surface area (Å²) in [5.74, 6) is -4.17. The van der Waals surface area contributed by atoms with Crippen molar-refractivity contribution in [3.8, 4) is 5.75 Å². The molecule has 0 atom stereocenters. The van der Waals surface area contributed by atoms with E-state index in [0.29, 0.717) is 0 Å². The van der Waals surface area contributed by atoms with Crippen LogP contribution in [0.4, 0.5) is 17.6 Å². The van der Waals surface area contributed by atoms with E-state index in [0.717, 1.165) is 12.3 Å². The summed E-state index contributed by atoms with van der Waals surface area (Å²) >= 11 is 0. The SMILES string of the molecule is CC(C)Oc1c(C(=O)C(F)(F)F)ccnc1F. The zero-order valence-electron chi connectivity index (χ0n) is 9.01. The molecule has 7 heteroatoms. The van der Waals surface area contributed by atoms with Gasteiger partial charge in [-0.15, -0.1) is 0 Å². The van der Waals surface area contributed by atoms with Crippen LogP contribution in [0.5, 0.6) is 5.75 Å². The second kappa shape index (κ2) is 4.68. The minimum absolute atomic E-state index is 0.575. The molecule has 1 aromatic rings. The Morgan fingerprint density at radius 2 is 2.00 bits per heavy atom. The Morgan fingerprint density at radius 3 is 2.47 bits per heavy atom. The number of hydrogen-bond acceptors (Lipinski definition) is 3. The van der Waals surface area contributed by atoms with Crippen molar-refractivity contribution in [1.29, 1.82) is 0 Å². The van der Waals surface area contributed by atoms with Crippen molar-refractivity contribution in [3.63, 3.8) is 0 Å². The van der Waals surface area contributed by atoms with Crippen molar-refractivity contribution in [1.82, 2.24) is 4.98 Å². The van der Waals surface area contributed by atoms with Gasteiger partial charge in [0.1, 0.15) is 0 Å². The second-order valence-corrected chi connectivity index (χ2v) is 3.47. The van der Waals surface area contributed by atoms with Crippen LogP contribution >= 0.6 is 0 Å². The fraction of sp³-hybridized carbons (Fsp3) is 0.400. The largest absolute Gasteiger partial charge is 0.485 e. The smallest absolute Gasteiger partial charge is 0.455 e. The van der Waals surface area contributed by atoms with Crippen LogP contribution in [0.3, 0.4) is 0 Å². The summed E-state index contributed by atoms with van der Waals surface area (Å²) in [6, 6.07) is 0.774. The van der Waals surface area contributed by atoms with Gasteiger partial charge in [-0.3, -0.25) is 4.79 Å². The predicted octanol–water partition coefficient (Wildman–Crippen LogP) is 2.75. The molecule has 0 N–H and O–H groups in total. The number of halogens is 4. The maximum atomic E-state index is 13.2. The van der Waals surface area contributed by atoms with Crippen LogP contribution in [0.15, 0.2) is 12.3 Å². The summed E-state index contributed by atoms with van der Waals surface area (Å²) in [7, 11) is 0. The Balaban J connectivity index is 3.24. The number of alkyl halides is 3. The fourth-order valence-electron chi connectivity index (χ4n) is 1.10. The maximum Gasteiger partial charge on any atom is 0.455 e. The first-order valence-electron chi connectivity index (χ1n) is 4.66. The highest BCUT2D eigenvalue weighted by Crippen LogP contribution is 2.29. The highest BCUT2D eigenvalue weighted by molar-refractivity contribution is 6.02. The van der Waals surface area contributed by atoms with E-state index >= 15 is 0 Å². The van der Waals surface area contributed by atoms with Crippen molar-refractivity contribution in [3.05, 3.63) is 23.8 Å². The molecule has 0 unspecified atom stereocenters. The van der Waals surface area contributed by atoms with Crippen molar-refractivity contribution in [2.24, 2.45) is 0 Å². The quantitative estimate of drug-likeness (QED) is 0.471. The number of carbonyl (C=O) groups excluding carboxylic acids is 1. The standard InChI is InChI=1S/C10H9F4NO2/c1-5(2)17-7-6(3-4-15-9(7)11)8(16)10(12,13)14/h3-5H,1-2H3. The molecule has 0 amide bonds. The Labute approximate surface area is 94.4 Å². The van der Waals surface area contributed by atoms with Gasteiger partial charge >= 0.3 is 6.18 Å². The van der Waals surface area contributed by atoms with Gasteiger partial charge in [0, 0.05) is 6.20 Å². The third-order valence-corrected chi connectivity index (χ3v) is 1.72. The molecule has 0 aliphatic heterocycles. The Hall–Kier alpha value is -1.66. The van der Waals surface area contributed by atoms with Gasteiger partial charge in [0.15, 0.2) is 5.75 Å². The van der Waals surface area contributed by atoms with E-state index in [9.17, 15) is 22.4 Å². The zero-order chi connectivity index (χ0) is 13.2. The highest BCUT2D eigenvalue weighted by atomic mass is 19.4. The molecule has 0 radical (unpaired) electrons. The third-order valence-electron chi connectivity index (χ3n) is 1.72. The average Bonchev–Trinajstić information content (AvgIpc) is 2.18. The Bertz CT molecular complexity index is 429. The number of carbonyl (C=O) groups is 1. The van der Waals surface area contributed by atoms with E-state index in [1.165, 1.54) is 13.8 Å². The molecule has 0 aliphatic carbocycles. The number of ether oxygens (including phenoxy) is 1. The topological polar surface area (TPSA) is 39.2 Å². The van der Waals surface area contributed by atoms with Crippen LogP contribution in [-0.2, 0) is 0 Å². The highest BCUT2D eigenvalue weighted by Gasteiger charge is 2.41. The van der Waals surface area contributed by atoms with Crippen LogP contribution in [0.25, 0.3) is 0 Å². The summed E-state index contributed by atoms with van der Waals surface area (Å²) < 4.78 is 54.7. The molecule has 1 aromatic heterocycles. The lowest BCUT2D eigenvalue weighted by atomic mass is 10.1. The number of hydrogen-bond donors (Lipinski definition) is 0. The number of aromatic nitrogens is 1. The van der Waals surface area contributed by atoms with Crippen LogP contribution in [0.1, 0.15) is 24.2 Å². The van der Waals surface area contributed by atoms with Crippen LogP contribution in [0, 0.1) is 5.95 Å². The number of Topliss-reactive ketones (excluding diaryl/α,β-unsaturated/α-hetero) is 1. The molecule has 0 aliphatic rings. The monoisotopic (exact) mass is 251 g/mol. The van der Waals surface area contributed by atoms with Crippen molar-refractivity contribution in [2.75, 3.05) is 0 Å². The minimum Gasteiger partial charge on any atom is -0.485 e. The van der Waals surface area contributed by atoms with Crippen LogP contribution < -0.4 is 4.74 Å². The second-order valence-electron chi connectivity index (χ2n) is 3.47. The van der Waals surface area contributed by atoms with Crippen molar-refractivity contribution >= 4 is 5.78 Å². The molecule has 3 nitrogen and oxygen atoms in total. The molecule has 0 fully saturated rings. The van der Waals surface area contributed by atoms with E-state index in [2.05, 4.69) is 4.98 Å². The third kappa shape index (κ3) is 3.15. The van der Waals surface area contributed by atoms with Gasteiger partial charge in [0.05, 0.1) is 11.7 Å². The Kier molecular flexibility index (Phi) is 3.69. The first kappa shape index (κ1) is 13.4. The molecule has 1 rings (SSSR count). The lowest BCUT2D eigenvalue weighted by Crippen LogP contribution is -2.24. The van der Waals surface area contributed by atoms with Gasteiger partial charge in [-0.05, 0) is 19.9 Å². The fourth-order valence-corrected chi connectivity index (χ4v) is 1.10. The summed E-state index contributed by atoms with van der Waals surface area (Å²) in [5, 5.41) is 0. The van der Waals surface area contributed by atoms with E-state index < -0.39 is 35.3 Å². The van der Waals surface area contributed by atoms with Gasteiger partial charge in [-0.2, -0.15) is 17.6 Å². The van der Waals surface area contributed by atoms with E-state index in [-0.39, 0.29) is 0 Å². The van der Waals surface area contributed by atoms with Gasteiger partial charge in [0.2, 0.25) is 0 Å². The maximum absolute atomic E-state index is 13.2. The molecule has 1 heterocycles. The first-order chi connectivity index (χ1) is 7.73. The van der Waals surface area contributed by atoms with Crippen LogP contribution in [0.2, 0.25) is 0 Å². The summed E-state index contributed by atoms with van der Waals surface area (Å²) in [6.07, 6.45) is -4.88. The van der Waals surface area contributed by atoms with Crippen molar-refractivity contribution < 1.29 is 27.1 Å². The summed E-state index contributed by atoms with van der Waals surface area (Å²) in [4.78, 5) is 14.2. The first-order valence-corrected chi connectivity index (χ1v) is 4.66. The number of pyridine rings is 1. The molecule has 0 saturated carbocycles. The van der Waals surface area contributed by atoms with Crippen molar-refractivity contribution in [2.45, 2.75) is 26.1 Å². The molecule has 0 saturated heterocycles. The zero-order valence-corrected chi connectivity index (χ0v) is 9.01. The van der Waals surface area contributed by atoms with Gasteiger partial charge in [-0.1, -0.05) is 0 Å². The summed E-state index contributed by atoms with van der Waals surface area (Å²) in [6.45, 7) is 2.99.